The first-order valence-electron chi connectivity index (χ1n) is 9.24. The molecule has 2 aromatic rings. The fourth-order valence-corrected chi connectivity index (χ4v) is 5.98. The van der Waals surface area contributed by atoms with E-state index in [1.807, 2.05) is 0 Å². The van der Waals surface area contributed by atoms with Crippen molar-refractivity contribution in [2.75, 3.05) is 39.3 Å². The number of rotatable bonds is 4. The molecule has 1 fully saturated rings. The minimum absolute atomic E-state index is 0.0394. The van der Waals surface area contributed by atoms with Crippen LogP contribution in [0.25, 0.3) is 0 Å². The van der Waals surface area contributed by atoms with Gasteiger partial charge in [-0.3, -0.25) is 9.69 Å². The van der Waals surface area contributed by atoms with E-state index in [1.54, 1.807) is 16.2 Å². The number of sulfonamides is 1. The van der Waals surface area contributed by atoms with Gasteiger partial charge in [-0.15, -0.1) is 11.3 Å². The number of amides is 1. The summed E-state index contributed by atoms with van der Waals surface area (Å²) in [5.74, 6) is -0.431. The molecule has 2 aliphatic rings. The summed E-state index contributed by atoms with van der Waals surface area (Å²) in [7, 11) is -3.66. The number of benzene rings is 1. The predicted octanol–water partition coefficient (Wildman–Crippen LogP) is 1.78. The van der Waals surface area contributed by atoms with Crippen LogP contribution in [-0.4, -0.2) is 67.7 Å². The molecule has 1 amide bonds. The average Bonchev–Trinajstić information content (AvgIpc) is 3.16. The van der Waals surface area contributed by atoms with E-state index in [2.05, 4.69) is 16.3 Å². The van der Waals surface area contributed by atoms with E-state index < -0.39 is 15.8 Å². The summed E-state index contributed by atoms with van der Waals surface area (Å²) in [5.41, 5.74) is 1.30. The number of piperazine rings is 1. The van der Waals surface area contributed by atoms with Crippen molar-refractivity contribution in [2.24, 2.45) is 0 Å². The Morgan fingerprint density at radius 3 is 2.46 bits per heavy atom. The topological polar surface area (TPSA) is 60.9 Å². The van der Waals surface area contributed by atoms with Crippen LogP contribution in [0, 0.1) is 5.82 Å². The maximum atomic E-state index is 13.1. The molecular formula is C19H22FN3O3S2. The van der Waals surface area contributed by atoms with Gasteiger partial charge in [0.05, 0.1) is 11.4 Å². The van der Waals surface area contributed by atoms with Gasteiger partial charge in [0, 0.05) is 44.1 Å². The van der Waals surface area contributed by atoms with Gasteiger partial charge >= 0.3 is 0 Å². The zero-order valence-corrected chi connectivity index (χ0v) is 17.0. The normalized spacial score (nSPS) is 18.8. The Morgan fingerprint density at radius 2 is 1.75 bits per heavy atom. The Labute approximate surface area is 168 Å². The number of thiophene rings is 1. The summed E-state index contributed by atoms with van der Waals surface area (Å²) in [6.07, 6.45) is 0.976. The van der Waals surface area contributed by atoms with Crippen molar-refractivity contribution in [3.8, 4) is 0 Å². The first-order valence-corrected chi connectivity index (χ1v) is 11.6. The molecular weight excluding hydrogens is 401 g/mol. The van der Waals surface area contributed by atoms with Gasteiger partial charge in [-0.25, -0.2) is 12.8 Å². The maximum absolute atomic E-state index is 13.1. The Bertz CT molecular complexity index is 951. The summed E-state index contributed by atoms with van der Waals surface area (Å²) in [6.45, 7) is 3.27. The van der Waals surface area contributed by atoms with Crippen molar-refractivity contribution < 1.29 is 17.6 Å². The molecule has 0 radical (unpaired) electrons. The van der Waals surface area contributed by atoms with Crippen LogP contribution in [0.1, 0.15) is 10.4 Å². The summed E-state index contributed by atoms with van der Waals surface area (Å²) in [4.78, 5) is 18.0. The van der Waals surface area contributed by atoms with Gasteiger partial charge in [-0.2, -0.15) is 4.31 Å². The molecule has 0 unspecified atom stereocenters. The number of hydrogen-bond donors (Lipinski definition) is 0. The Kier molecular flexibility index (Phi) is 5.50. The molecule has 6 nitrogen and oxygen atoms in total. The highest BCUT2D eigenvalue weighted by Crippen LogP contribution is 2.24. The van der Waals surface area contributed by atoms with Crippen molar-refractivity contribution in [1.82, 2.24) is 14.1 Å². The first kappa shape index (κ1) is 19.5. The standard InChI is InChI=1S/C19H22FN3O3S2/c20-16-1-3-17(4-2-16)28(25,26)23-10-8-22(9-11-23)19(24)14-21-7-5-18-15(13-21)6-12-27-18/h1-4,6,12H,5,7-11,13-14H2. The van der Waals surface area contributed by atoms with Crippen molar-refractivity contribution in [3.63, 3.8) is 0 Å². The lowest BCUT2D eigenvalue weighted by Crippen LogP contribution is -2.52. The summed E-state index contributed by atoms with van der Waals surface area (Å²) in [5, 5.41) is 2.09. The van der Waals surface area contributed by atoms with Crippen LogP contribution in [0.4, 0.5) is 4.39 Å². The largest absolute Gasteiger partial charge is 0.339 e. The van der Waals surface area contributed by atoms with Gasteiger partial charge < -0.3 is 4.90 Å². The second-order valence-electron chi connectivity index (χ2n) is 7.07. The number of fused-ring (bicyclic) bond motifs is 1. The molecule has 1 aromatic heterocycles. The van der Waals surface area contributed by atoms with E-state index in [-0.39, 0.29) is 23.9 Å². The van der Waals surface area contributed by atoms with Crippen molar-refractivity contribution >= 4 is 27.3 Å². The Hall–Kier alpha value is -1.81. The quantitative estimate of drug-likeness (QED) is 0.752. The Morgan fingerprint density at radius 1 is 1.04 bits per heavy atom. The molecule has 1 aromatic carbocycles. The summed E-state index contributed by atoms with van der Waals surface area (Å²) >= 11 is 1.77. The number of halogens is 1. The molecule has 0 saturated carbocycles. The van der Waals surface area contributed by atoms with Gasteiger partial charge in [0.1, 0.15) is 5.82 Å². The van der Waals surface area contributed by atoms with E-state index in [4.69, 9.17) is 0 Å². The second kappa shape index (κ2) is 7.90. The highest BCUT2D eigenvalue weighted by atomic mass is 32.2. The molecule has 0 spiro atoms. The van der Waals surface area contributed by atoms with Crippen LogP contribution >= 0.6 is 11.3 Å². The Balaban J connectivity index is 1.32. The zero-order valence-electron chi connectivity index (χ0n) is 15.4. The van der Waals surface area contributed by atoms with E-state index in [1.165, 1.54) is 26.9 Å². The van der Waals surface area contributed by atoms with E-state index >= 15 is 0 Å². The summed E-state index contributed by atoms with van der Waals surface area (Å²) in [6, 6.07) is 6.96. The fraction of sp³-hybridized carbons (Fsp3) is 0.421. The van der Waals surface area contributed by atoms with E-state index in [0.29, 0.717) is 19.6 Å². The highest BCUT2D eigenvalue weighted by Gasteiger charge is 2.31. The second-order valence-corrected chi connectivity index (χ2v) is 10.0. The average molecular weight is 424 g/mol. The van der Waals surface area contributed by atoms with Crippen LogP contribution in [0.3, 0.4) is 0 Å². The molecule has 0 N–H and O–H groups in total. The number of carbonyl (C=O) groups excluding carboxylic acids is 1. The third-order valence-corrected chi connectivity index (χ3v) is 8.22. The first-order chi connectivity index (χ1) is 13.4. The van der Waals surface area contributed by atoms with Gasteiger partial charge in [0.25, 0.3) is 0 Å². The van der Waals surface area contributed by atoms with Crippen LogP contribution in [0.5, 0.6) is 0 Å². The van der Waals surface area contributed by atoms with Crippen molar-refractivity contribution in [1.29, 1.82) is 0 Å². The molecule has 9 heteroatoms. The van der Waals surface area contributed by atoms with Crippen molar-refractivity contribution in [3.05, 3.63) is 52.0 Å². The maximum Gasteiger partial charge on any atom is 0.243 e. The molecule has 3 heterocycles. The smallest absolute Gasteiger partial charge is 0.243 e. The molecule has 4 rings (SSSR count). The summed E-state index contributed by atoms with van der Waals surface area (Å²) < 4.78 is 39.8. The van der Waals surface area contributed by atoms with Crippen molar-refractivity contribution in [2.45, 2.75) is 17.9 Å². The molecule has 150 valence electrons. The lowest BCUT2D eigenvalue weighted by Gasteiger charge is -2.35. The van der Waals surface area contributed by atoms with Crippen LogP contribution in [0.15, 0.2) is 40.6 Å². The van der Waals surface area contributed by atoms with E-state index in [0.717, 1.165) is 31.6 Å². The minimum atomic E-state index is -3.66. The molecule has 0 atom stereocenters. The van der Waals surface area contributed by atoms with Crippen LogP contribution < -0.4 is 0 Å². The van der Waals surface area contributed by atoms with Gasteiger partial charge in [-0.05, 0) is 47.7 Å². The van der Waals surface area contributed by atoms with Crippen LogP contribution in [0.2, 0.25) is 0 Å². The van der Waals surface area contributed by atoms with E-state index in [9.17, 15) is 17.6 Å². The lowest BCUT2D eigenvalue weighted by molar-refractivity contribution is -0.133. The molecule has 28 heavy (non-hydrogen) atoms. The number of nitrogens with zero attached hydrogens (tertiary/aromatic N) is 3. The third kappa shape index (κ3) is 3.98. The molecule has 2 aliphatic heterocycles. The number of carbonyl (C=O) groups is 1. The lowest BCUT2D eigenvalue weighted by atomic mass is 10.1. The molecule has 1 saturated heterocycles. The zero-order chi connectivity index (χ0) is 19.7. The van der Waals surface area contributed by atoms with Gasteiger partial charge in [0.2, 0.25) is 15.9 Å². The van der Waals surface area contributed by atoms with Gasteiger partial charge in [0.15, 0.2) is 0 Å². The third-order valence-electron chi connectivity index (χ3n) is 5.29. The fourth-order valence-electron chi connectivity index (χ4n) is 3.67. The molecule has 0 bridgehead atoms. The monoisotopic (exact) mass is 423 g/mol. The highest BCUT2D eigenvalue weighted by molar-refractivity contribution is 7.89. The number of hydrogen-bond acceptors (Lipinski definition) is 5. The predicted molar refractivity (Wildman–Crippen MR) is 105 cm³/mol. The van der Waals surface area contributed by atoms with Crippen LogP contribution in [-0.2, 0) is 27.8 Å². The van der Waals surface area contributed by atoms with Gasteiger partial charge in [-0.1, -0.05) is 0 Å². The molecule has 0 aliphatic carbocycles. The SMILES string of the molecule is O=C(CN1CCc2sccc2C1)N1CCN(S(=O)(=O)c2ccc(F)cc2)CC1. The minimum Gasteiger partial charge on any atom is -0.339 e.